The Balaban J connectivity index is 1.86. The molecule has 8 N–H and O–H groups in total. The fourth-order valence-electron chi connectivity index (χ4n) is 3.53. The summed E-state index contributed by atoms with van der Waals surface area (Å²) in [5, 5.41) is 48.4. The largest absolute Gasteiger partial charge is 0.444 e. The van der Waals surface area contributed by atoms with Crippen LogP contribution in [0.1, 0.15) is 26.3 Å². The molecule has 1 saturated heterocycles. The van der Waals surface area contributed by atoms with Gasteiger partial charge in [-0.1, -0.05) is 30.3 Å². The lowest BCUT2D eigenvalue weighted by Gasteiger charge is -2.40. The highest BCUT2D eigenvalue weighted by atomic mass is 16.6. The third-order valence-corrected chi connectivity index (χ3v) is 5.39. The minimum Gasteiger partial charge on any atom is -0.444 e. The standard InChI is InChI=1S/C24H36N4O10/c1-24(2,3)38-23(36)27-14(9-13-7-5-4-6-8-13)21(34)26-10-16(30)25-11-17(31)28-18-20(33)19(32)15(12-29)37-22(18)35/h4-8,14-15,18-20,22,29,32-33,35H,9-12H2,1-3H3,(H,25,30)(H,26,34)(H,27,36)(H,28,31)/t14-,15+,18+,19-,20+,22?/m0/s1. The van der Waals surface area contributed by atoms with Gasteiger partial charge in [0.1, 0.15) is 36.0 Å². The fourth-order valence-corrected chi connectivity index (χ4v) is 3.53. The normalized spacial score (nSPS) is 24.0. The lowest BCUT2D eigenvalue weighted by atomic mass is 9.97. The van der Waals surface area contributed by atoms with Gasteiger partial charge in [-0.2, -0.15) is 0 Å². The Morgan fingerprint density at radius 1 is 0.974 bits per heavy atom. The maximum Gasteiger partial charge on any atom is 0.408 e. The van der Waals surface area contributed by atoms with Gasteiger partial charge in [0.2, 0.25) is 17.7 Å². The molecule has 0 aliphatic carbocycles. The first-order chi connectivity index (χ1) is 17.8. The van der Waals surface area contributed by atoms with Gasteiger partial charge in [0.15, 0.2) is 6.29 Å². The Kier molecular flexibility index (Phi) is 11.4. The van der Waals surface area contributed by atoms with Crippen LogP contribution in [-0.2, 0) is 30.3 Å². The molecular weight excluding hydrogens is 504 g/mol. The molecule has 0 saturated carbocycles. The second kappa shape index (κ2) is 14.0. The molecule has 212 valence electrons. The molecule has 0 bridgehead atoms. The highest BCUT2D eigenvalue weighted by Crippen LogP contribution is 2.19. The van der Waals surface area contributed by atoms with Gasteiger partial charge < -0.3 is 51.2 Å². The number of aliphatic hydroxyl groups excluding tert-OH is 4. The molecule has 1 aliphatic rings. The summed E-state index contributed by atoms with van der Waals surface area (Å²) < 4.78 is 10.2. The van der Waals surface area contributed by atoms with Crippen molar-refractivity contribution in [1.29, 1.82) is 0 Å². The third kappa shape index (κ3) is 9.87. The molecule has 1 aliphatic heterocycles. The maximum absolute atomic E-state index is 12.8. The van der Waals surface area contributed by atoms with Gasteiger partial charge in [-0.3, -0.25) is 14.4 Å². The Morgan fingerprint density at radius 3 is 2.21 bits per heavy atom. The maximum atomic E-state index is 12.8. The summed E-state index contributed by atoms with van der Waals surface area (Å²) in [4.78, 5) is 49.3. The predicted molar refractivity (Wildman–Crippen MR) is 131 cm³/mol. The third-order valence-electron chi connectivity index (χ3n) is 5.39. The Labute approximate surface area is 219 Å². The summed E-state index contributed by atoms with van der Waals surface area (Å²) in [6.45, 7) is 3.29. The predicted octanol–water partition coefficient (Wildman–Crippen LogP) is -2.73. The van der Waals surface area contributed by atoms with Crippen LogP contribution in [0.5, 0.6) is 0 Å². The number of rotatable bonds is 10. The van der Waals surface area contributed by atoms with Crippen molar-refractivity contribution >= 4 is 23.8 Å². The molecule has 2 rings (SSSR count). The smallest absolute Gasteiger partial charge is 0.408 e. The fraction of sp³-hybridized carbons (Fsp3) is 0.583. The second-order valence-corrected chi connectivity index (χ2v) is 9.71. The lowest BCUT2D eigenvalue weighted by Crippen LogP contribution is -2.64. The van der Waals surface area contributed by atoms with Crippen molar-refractivity contribution in [3.05, 3.63) is 35.9 Å². The molecule has 14 nitrogen and oxygen atoms in total. The average Bonchev–Trinajstić information content (AvgIpc) is 2.85. The Hall–Kier alpha value is -3.30. The minimum absolute atomic E-state index is 0.132. The van der Waals surface area contributed by atoms with Crippen LogP contribution in [0.2, 0.25) is 0 Å². The van der Waals surface area contributed by atoms with Crippen LogP contribution in [0.4, 0.5) is 4.79 Å². The van der Waals surface area contributed by atoms with E-state index in [2.05, 4.69) is 21.3 Å². The summed E-state index contributed by atoms with van der Waals surface area (Å²) in [7, 11) is 0. The van der Waals surface area contributed by atoms with E-state index in [1.165, 1.54) is 0 Å². The zero-order valence-corrected chi connectivity index (χ0v) is 21.4. The number of hydrogen-bond acceptors (Lipinski definition) is 10. The van der Waals surface area contributed by atoms with Gasteiger partial charge in [0, 0.05) is 6.42 Å². The molecule has 4 amide bonds. The molecule has 1 heterocycles. The summed E-state index contributed by atoms with van der Waals surface area (Å²) in [5.41, 5.74) is -0.0245. The summed E-state index contributed by atoms with van der Waals surface area (Å²) in [6, 6.07) is 6.45. The molecule has 1 aromatic rings. The zero-order valence-electron chi connectivity index (χ0n) is 21.4. The van der Waals surface area contributed by atoms with E-state index in [9.17, 15) is 34.5 Å². The van der Waals surface area contributed by atoms with Crippen molar-refractivity contribution in [2.75, 3.05) is 19.7 Å². The van der Waals surface area contributed by atoms with Crippen molar-refractivity contribution in [2.45, 2.75) is 69.5 Å². The van der Waals surface area contributed by atoms with E-state index < -0.39 is 85.8 Å². The first-order valence-corrected chi connectivity index (χ1v) is 12.0. The van der Waals surface area contributed by atoms with Crippen molar-refractivity contribution in [3.8, 4) is 0 Å². The van der Waals surface area contributed by atoms with Crippen molar-refractivity contribution in [3.63, 3.8) is 0 Å². The molecule has 14 heteroatoms. The summed E-state index contributed by atoms with van der Waals surface area (Å²) in [5.74, 6) is -2.21. The molecule has 0 aromatic heterocycles. The number of ether oxygens (including phenoxy) is 2. The van der Waals surface area contributed by atoms with E-state index in [0.717, 1.165) is 5.56 Å². The molecule has 0 spiro atoms. The van der Waals surface area contributed by atoms with Crippen LogP contribution in [0.15, 0.2) is 30.3 Å². The summed E-state index contributed by atoms with van der Waals surface area (Å²) in [6.07, 6.45) is -6.80. The molecule has 6 atom stereocenters. The molecule has 0 radical (unpaired) electrons. The average molecular weight is 541 g/mol. The Bertz CT molecular complexity index is 955. The molecule has 1 unspecified atom stereocenters. The number of carbonyl (C=O) groups excluding carboxylic acids is 4. The topological polar surface area (TPSA) is 216 Å². The Morgan fingerprint density at radius 2 is 1.61 bits per heavy atom. The monoisotopic (exact) mass is 540 g/mol. The number of benzene rings is 1. The minimum atomic E-state index is -1.71. The SMILES string of the molecule is CC(C)(C)OC(=O)N[C@@H](Cc1ccccc1)C(=O)NCC(=O)NCC(=O)N[C@H]1C(O)O[C@H](CO)[C@H](O)[C@@H]1O. The van der Waals surface area contributed by atoms with Gasteiger partial charge >= 0.3 is 6.09 Å². The number of alkyl carbamates (subject to hydrolysis) is 1. The number of amides is 4. The number of carbonyl (C=O) groups is 4. The van der Waals surface area contributed by atoms with Crippen LogP contribution in [0, 0.1) is 0 Å². The van der Waals surface area contributed by atoms with E-state index in [1.807, 2.05) is 0 Å². The van der Waals surface area contributed by atoms with E-state index in [4.69, 9.17) is 14.6 Å². The first kappa shape index (κ1) is 30.9. The number of hydrogen-bond donors (Lipinski definition) is 8. The van der Waals surface area contributed by atoms with Crippen LogP contribution >= 0.6 is 0 Å². The molecule has 1 fully saturated rings. The van der Waals surface area contributed by atoms with Crippen molar-refractivity contribution < 1.29 is 49.1 Å². The van der Waals surface area contributed by atoms with E-state index in [1.54, 1.807) is 51.1 Å². The van der Waals surface area contributed by atoms with Gasteiger partial charge in [0.25, 0.3) is 0 Å². The number of aliphatic hydroxyl groups is 4. The highest BCUT2D eigenvalue weighted by Gasteiger charge is 2.44. The second-order valence-electron chi connectivity index (χ2n) is 9.71. The van der Waals surface area contributed by atoms with E-state index in [-0.39, 0.29) is 6.42 Å². The molecule has 1 aromatic carbocycles. The van der Waals surface area contributed by atoms with Crippen LogP contribution in [0.25, 0.3) is 0 Å². The van der Waals surface area contributed by atoms with Gasteiger partial charge in [-0.25, -0.2) is 4.79 Å². The van der Waals surface area contributed by atoms with Crippen LogP contribution in [0.3, 0.4) is 0 Å². The van der Waals surface area contributed by atoms with E-state index >= 15 is 0 Å². The molecular formula is C24H36N4O10. The van der Waals surface area contributed by atoms with Crippen molar-refractivity contribution in [1.82, 2.24) is 21.3 Å². The first-order valence-electron chi connectivity index (χ1n) is 12.0. The molecule has 38 heavy (non-hydrogen) atoms. The van der Waals surface area contributed by atoms with Crippen molar-refractivity contribution in [2.24, 2.45) is 0 Å². The summed E-state index contributed by atoms with van der Waals surface area (Å²) >= 11 is 0. The number of nitrogens with one attached hydrogen (secondary N) is 4. The van der Waals surface area contributed by atoms with Crippen LogP contribution < -0.4 is 21.3 Å². The van der Waals surface area contributed by atoms with Gasteiger partial charge in [-0.15, -0.1) is 0 Å². The highest BCUT2D eigenvalue weighted by molar-refractivity contribution is 5.91. The zero-order chi connectivity index (χ0) is 28.5. The lowest BCUT2D eigenvalue weighted by molar-refractivity contribution is -0.253. The van der Waals surface area contributed by atoms with E-state index in [0.29, 0.717) is 0 Å². The van der Waals surface area contributed by atoms with Gasteiger partial charge in [-0.05, 0) is 26.3 Å². The quantitative estimate of drug-likeness (QED) is 0.153. The van der Waals surface area contributed by atoms with Crippen LogP contribution in [-0.4, -0.2) is 106 Å². The van der Waals surface area contributed by atoms with Gasteiger partial charge in [0.05, 0.1) is 19.7 Å².